The van der Waals surface area contributed by atoms with Crippen LogP contribution in [0, 0.1) is 0 Å². The van der Waals surface area contributed by atoms with Gasteiger partial charge in [0.15, 0.2) is 0 Å². The highest BCUT2D eigenvalue weighted by Gasteiger charge is 2.16. The van der Waals surface area contributed by atoms with Gasteiger partial charge in [-0.15, -0.1) is 0 Å². The zero-order chi connectivity index (χ0) is 16.6. The number of hydrogen-bond donors (Lipinski definition) is 1. The quantitative estimate of drug-likeness (QED) is 0.616. The molecule has 2 aromatic carbocycles. The lowest BCUT2D eigenvalue weighted by molar-refractivity contribution is 0.414. The van der Waals surface area contributed by atoms with Crippen LogP contribution >= 0.6 is 0 Å². The summed E-state index contributed by atoms with van der Waals surface area (Å²) in [4.78, 5) is 0. The van der Waals surface area contributed by atoms with Crippen LogP contribution in [0.3, 0.4) is 0 Å². The summed E-state index contributed by atoms with van der Waals surface area (Å²) in [6, 6.07) is 22.7. The van der Waals surface area contributed by atoms with E-state index in [1.807, 2.05) is 24.3 Å². The summed E-state index contributed by atoms with van der Waals surface area (Å²) >= 11 is 0. The first-order valence-corrected chi connectivity index (χ1v) is 8.29. The third kappa shape index (κ3) is 4.27. The van der Waals surface area contributed by atoms with Crippen LogP contribution < -0.4 is 10.1 Å². The van der Waals surface area contributed by atoms with Gasteiger partial charge >= 0.3 is 0 Å². The average Bonchev–Trinajstić information content (AvgIpc) is 3.17. The van der Waals surface area contributed by atoms with Crippen LogP contribution in [0.4, 0.5) is 0 Å². The molecule has 3 heteroatoms. The predicted octanol–water partition coefficient (Wildman–Crippen LogP) is 4.60. The molecule has 124 valence electrons. The molecular weight excluding hydrogens is 298 g/mol. The van der Waals surface area contributed by atoms with E-state index in [1.54, 1.807) is 13.4 Å². The molecule has 0 bridgehead atoms. The number of methoxy groups -OCH3 is 1. The minimum absolute atomic E-state index is 0.282. The van der Waals surface area contributed by atoms with Gasteiger partial charge in [-0.2, -0.15) is 0 Å². The lowest BCUT2D eigenvalue weighted by Gasteiger charge is -2.15. The van der Waals surface area contributed by atoms with Crippen molar-refractivity contribution in [1.82, 2.24) is 5.32 Å². The second-order valence-electron chi connectivity index (χ2n) is 5.79. The van der Waals surface area contributed by atoms with E-state index in [0.29, 0.717) is 0 Å². The molecule has 0 saturated carbocycles. The Balaban J connectivity index is 1.56. The number of benzene rings is 2. The molecule has 0 saturated heterocycles. The second-order valence-corrected chi connectivity index (χ2v) is 5.79. The molecule has 24 heavy (non-hydrogen) atoms. The highest BCUT2D eigenvalue weighted by molar-refractivity contribution is 5.28. The van der Waals surface area contributed by atoms with Gasteiger partial charge in [-0.25, -0.2) is 0 Å². The van der Waals surface area contributed by atoms with Gasteiger partial charge in [-0.1, -0.05) is 42.5 Å². The van der Waals surface area contributed by atoms with Crippen LogP contribution in [0.2, 0.25) is 0 Å². The van der Waals surface area contributed by atoms with Crippen molar-refractivity contribution in [3.05, 3.63) is 89.9 Å². The molecule has 1 N–H and O–H groups in total. The maximum absolute atomic E-state index is 5.65. The molecule has 3 nitrogen and oxygen atoms in total. The number of nitrogens with one attached hydrogen (secondary N) is 1. The third-order valence-electron chi connectivity index (χ3n) is 4.19. The predicted molar refractivity (Wildman–Crippen MR) is 96.3 cm³/mol. The largest absolute Gasteiger partial charge is 0.497 e. The van der Waals surface area contributed by atoms with Crippen LogP contribution in [-0.4, -0.2) is 13.7 Å². The van der Waals surface area contributed by atoms with E-state index in [2.05, 4.69) is 47.8 Å². The zero-order valence-electron chi connectivity index (χ0n) is 13.9. The van der Waals surface area contributed by atoms with Gasteiger partial charge in [0, 0.05) is 12.5 Å². The topological polar surface area (TPSA) is 34.4 Å². The summed E-state index contributed by atoms with van der Waals surface area (Å²) in [6.07, 6.45) is 2.74. The Morgan fingerprint density at radius 2 is 1.75 bits per heavy atom. The Labute approximate surface area is 143 Å². The van der Waals surface area contributed by atoms with Crippen LogP contribution in [0.5, 0.6) is 5.75 Å². The average molecular weight is 321 g/mol. The first kappa shape index (κ1) is 16.3. The molecule has 0 aliphatic carbocycles. The summed E-state index contributed by atoms with van der Waals surface area (Å²) in [5.41, 5.74) is 2.55. The van der Waals surface area contributed by atoms with Crippen LogP contribution in [0.1, 0.15) is 29.2 Å². The molecule has 0 unspecified atom stereocenters. The van der Waals surface area contributed by atoms with E-state index in [-0.39, 0.29) is 5.92 Å². The van der Waals surface area contributed by atoms with Gasteiger partial charge in [0.1, 0.15) is 11.5 Å². The van der Waals surface area contributed by atoms with Crippen LogP contribution in [0.15, 0.2) is 77.4 Å². The van der Waals surface area contributed by atoms with Crippen molar-refractivity contribution in [3.8, 4) is 5.75 Å². The van der Waals surface area contributed by atoms with Gasteiger partial charge in [-0.05, 0) is 48.4 Å². The lowest BCUT2D eigenvalue weighted by Crippen LogP contribution is -2.17. The molecule has 0 radical (unpaired) electrons. The molecule has 0 aliphatic rings. The highest BCUT2D eigenvalue weighted by Crippen LogP contribution is 2.27. The summed E-state index contributed by atoms with van der Waals surface area (Å²) in [5.74, 6) is 2.19. The minimum atomic E-state index is 0.282. The number of rotatable bonds is 8. The Hall–Kier alpha value is -2.52. The molecular formula is C21H23NO2. The maximum atomic E-state index is 5.65. The first-order valence-electron chi connectivity index (χ1n) is 8.29. The van der Waals surface area contributed by atoms with Gasteiger partial charge < -0.3 is 14.5 Å². The van der Waals surface area contributed by atoms with Crippen molar-refractivity contribution in [1.29, 1.82) is 0 Å². The summed E-state index contributed by atoms with van der Waals surface area (Å²) in [6.45, 7) is 1.77. The van der Waals surface area contributed by atoms with E-state index < -0.39 is 0 Å². The number of ether oxygens (including phenoxy) is 1. The smallest absolute Gasteiger partial charge is 0.118 e. The van der Waals surface area contributed by atoms with Crippen LogP contribution in [0.25, 0.3) is 0 Å². The van der Waals surface area contributed by atoms with Crippen LogP contribution in [-0.2, 0) is 6.54 Å². The highest BCUT2D eigenvalue weighted by atomic mass is 16.5. The molecule has 1 atom stereocenters. The molecule has 0 spiro atoms. The monoisotopic (exact) mass is 321 g/mol. The number of hydrogen-bond acceptors (Lipinski definition) is 3. The molecule has 0 aliphatic heterocycles. The van der Waals surface area contributed by atoms with Crippen molar-refractivity contribution in [2.75, 3.05) is 13.7 Å². The number of furan rings is 1. The molecule has 0 fully saturated rings. The second kappa shape index (κ2) is 8.37. The molecule has 1 aromatic heterocycles. The van der Waals surface area contributed by atoms with E-state index in [0.717, 1.165) is 31.0 Å². The fourth-order valence-electron chi connectivity index (χ4n) is 2.87. The Morgan fingerprint density at radius 3 is 2.42 bits per heavy atom. The van der Waals surface area contributed by atoms with Gasteiger partial charge in [0.25, 0.3) is 0 Å². The van der Waals surface area contributed by atoms with Crippen molar-refractivity contribution in [2.45, 2.75) is 18.9 Å². The standard InChI is InChI=1S/C21H23NO2/c1-23-19-11-9-17(10-12-19)16-22-14-13-20(21-8-5-15-24-21)18-6-3-2-4-7-18/h2-12,15,20,22H,13-14,16H2,1H3/t20-/m0/s1. The van der Waals surface area contributed by atoms with Gasteiger partial charge in [-0.3, -0.25) is 0 Å². The van der Waals surface area contributed by atoms with E-state index in [9.17, 15) is 0 Å². The molecule has 3 aromatic rings. The Morgan fingerprint density at radius 1 is 0.958 bits per heavy atom. The fourth-order valence-corrected chi connectivity index (χ4v) is 2.87. The minimum Gasteiger partial charge on any atom is -0.497 e. The van der Waals surface area contributed by atoms with Gasteiger partial charge in [0.2, 0.25) is 0 Å². The van der Waals surface area contributed by atoms with Crippen molar-refractivity contribution in [2.24, 2.45) is 0 Å². The van der Waals surface area contributed by atoms with Crippen molar-refractivity contribution in [3.63, 3.8) is 0 Å². The summed E-state index contributed by atoms with van der Waals surface area (Å²) < 4.78 is 10.8. The Bertz CT molecular complexity index is 705. The third-order valence-corrected chi connectivity index (χ3v) is 4.19. The van der Waals surface area contributed by atoms with Crippen molar-refractivity contribution < 1.29 is 9.15 Å². The normalized spacial score (nSPS) is 12.0. The maximum Gasteiger partial charge on any atom is 0.118 e. The summed E-state index contributed by atoms with van der Waals surface area (Å²) in [5, 5.41) is 3.52. The fraction of sp³-hybridized carbons (Fsp3) is 0.238. The van der Waals surface area contributed by atoms with Crippen molar-refractivity contribution >= 4 is 0 Å². The van der Waals surface area contributed by atoms with E-state index in [1.165, 1.54) is 11.1 Å². The van der Waals surface area contributed by atoms with Gasteiger partial charge in [0.05, 0.1) is 13.4 Å². The molecule has 3 rings (SSSR count). The SMILES string of the molecule is COc1ccc(CNCC[C@@H](c2ccccc2)c2ccco2)cc1. The summed E-state index contributed by atoms with van der Waals surface area (Å²) in [7, 11) is 1.69. The van der Waals surface area contributed by atoms with E-state index >= 15 is 0 Å². The lowest BCUT2D eigenvalue weighted by atomic mass is 9.93. The first-order chi connectivity index (χ1) is 11.9. The van der Waals surface area contributed by atoms with E-state index in [4.69, 9.17) is 9.15 Å². The Kier molecular flexibility index (Phi) is 5.70. The molecule has 0 amide bonds. The zero-order valence-corrected chi connectivity index (χ0v) is 13.9. The molecule has 1 heterocycles.